The summed E-state index contributed by atoms with van der Waals surface area (Å²) >= 11 is 0. The fourth-order valence-electron chi connectivity index (χ4n) is 1.41. The molecule has 92 valence electrons. The molecule has 2 aromatic rings. The highest BCUT2D eigenvalue weighted by molar-refractivity contribution is 5.72. The first-order chi connectivity index (χ1) is 8.50. The Hall–Kier alpha value is -2.24. The van der Waals surface area contributed by atoms with Crippen LogP contribution in [0.15, 0.2) is 36.5 Å². The van der Waals surface area contributed by atoms with Gasteiger partial charge in [-0.25, -0.2) is 9.97 Å². The minimum atomic E-state index is -4.42. The molecule has 18 heavy (non-hydrogen) atoms. The molecule has 1 aromatic heterocycles. The molecule has 0 N–H and O–H groups in total. The summed E-state index contributed by atoms with van der Waals surface area (Å²) in [6.07, 6.45) is -2.58. The molecule has 0 saturated heterocycles. The minimum Gasteiger partial charge on any atom is -0.296 e. The van der Waals surface area contributed by atoms with Crippen LogP contribution in [-0.4, -0.2) is 16.3 Å². The van der Waals surface area contributed by atoms with Gasteiger partial charge in [-0.1, -0.05) is 12.1 Å². The molecule has 6 heteroatoms. The maximum Gasteiger partial charge on any atom is 0.416 e. The first-order valence-electron chi connectivity index (χ1n) is 4.96. The number of aldehydes is 1. The molecule has 0 amide bonds. The van der Waals surface area contributed by atoms with Crippen molar-refractivity contribution in [2.75, 3.05) is 0 Å². The summed E-state index contributed by atoms with van der Waals surface area (Å²) in [5.74, 6) is 0.0886. The lowest BCUT2D eigenvalue weighted by Crippen LogP contribution is -2.05. The number of alkyl halides is 3. The zero-order valence-electron chi connectivity index (χ0n) is 8.98. The molecule has 1 heterocycles. The molecule has 0 aliphatic rings. The fraction of sp³-hybridized carbons (Fsp3) is 0.0833. The highest BCUT2D eigenvalue weighted by atomic mass is 19.4. The molecule has 0 aliphatic carbocycles. The first-order valence-corrected chi connectivity index (χ1v) is 4.96. The van der Waals surface area contributed by atoms with Crippen LogP contribution in [-0.2, 0) is 6.18 Å². The molecule has 0 radical (unpaired) electrons. The SMILES string of the molecule is O=Cc1ccnc(-c2cccc(C(F)(F)F)c2)n1. The maximum absolute atomic E-state index is 12.5. The van der Waals surface area contributed by atoms with Crippen molar-refractivity contribution in [2.24, 2.45) is 0 Å². The maximum atomic E-state index is 12.5. The summed E-state index contributed by atoms with van der Waals surface area (Å²) in [7, 11) is 0. The molecule has 0 saturated carbocycles. The zero-order valence-corrected chi connectivity index (χ0v) is 8.98. The third-order valence-corrected chi connectivity index (χ3v) is 2.25. The van der Waals surface area contributed by atoms with Crippen molar-refractivity contribution in [1.29, 1.82) is 0 Å². The largest absolute Gasteiger partial charge is 0.416 e. The van der Waals surface area contributed by atoms with Crippen molar-refractivity contribution in [3.63, 3.8) is 0 Å². The van der Waals surface area contributed by atoms with Crippen molar-refractivity contribution in [1.82, 2.24) is 9.97 Å². The molecular formula is C12H7F3N2O. The number of benzene rings is 1. The normalized spacial score (nSPS) is 11.3. The molecule has 0 bridgehead atoms. The molecule has 0 spiro atoms. The second kappa shape index (κ2) is 4.56. The number of nitrogens with zero attached hydrogens (tertiary/aromatic N) is 2. The lowest BCUT2D eigenvalue weighted by atomic mass is 10.1. The average molecular weight is 252 g/mol. The Bertz CT molecular complexity index is 582. The summed E-state index contributed by atoms with van der Waals surface area (Å²) in [5, 5.41) is 0. The summed E-state index contributed by atoms with van der Waals surface area (Å²) in [6.45, 7) is 0. The van der Waals surface area contributed by atoms with Crippen LogP contribution in [0.3, 0.4) is 0 Å². The van der Waals surface area contributed by atoms with E-state index in [-0.39, 0.29) is 17.1 Å². The highest BCUT2D eigenvalue weighted by Gasteiger charge is 2.30. The number of hydrogen-bond acceptors (Lipinski definition) is 3. The Morgan fingerprint density at radius 2 is 1.94 bits per heavy atom. The molecule has 0 unspecified atom stereocenters. The molecule has 0 fully saturated rings. The van der Waals surface area contributed by atoms with Crippen molar-refractivity contribution in [3.05, 3.63) is 47.8 Å². The molecular weight excluding hydrogens is 245 g/mol. The minimum absolute atomic E-state index is 0.0886. The second-order valence-electron chi connectivity index (χ2n) is 3.50. The van der Waals surface area contributed by atoms with Gasteiger partial charge in [0.2, 0.25) is 0 Å². The molecule has 0 aliphatic heterocycles. The summed E-state index contributed by atoms with van der Waals surface area (Å²) < 4.78 is 37.6. The number of halogens is 3. The van der Waals surface area contributed by atoms with Crippen LogP contribution in [0.5, 0.6) is 0 Å². The van der Waals surface area contributed by atoms with Gasteiger partial charge in [0.05, 0.1) is 5.56 Å². The third-order valence-electron chi connectivity index (χ3n) is 2.25. The van der Waals surface area contributed by atoms with Crippen LogP contribution in [0.25, 0.3) is 11.4 Å². The molecule has 0 atom stereocenters. The van der Waals surface area contributed by atoms with Crippen LogP contribution in [0.2, 0.25) is 0 Å². The monoisotopic (exact) mass is 252 g/mol. The summed E-state index contributed by atoms with van der Waals surface area (Å²) in [5.41, 5.74) is -0.439. The van der Waals surface area contributed by atoms with Gasteiger partial charge in [-0.2, -0.15) is 13.2 Å². The number of aromatic nitrogens is 2. The second-order valence-corrected chi connectivity index (χ2v) is 3.50. The number of rotatable bonds is 2. The van der Waals surface area contributed by atoms with Crippen molar-refractivity contribution in [3.8, 4) is 11.4 Å². The van der Waals surface area contributed by atoms with E-state index in [0.717, 1.165) is 12.1 Å². The summed E-state index contributed by atoms with van der Waals surface area (Å²) in [6, 6.07) is 6.02. The predicted octanol–water partition coefficient (Wildman–Crippen LogP) is 2.97. The molecule has 2 rings (SSSR count). The lowest BCUT2D eigenvalue weighted by molar-refractivity contribution is -0.137. The van der Waals surface area contributed by atoms with Crippen LogP contribution >= 0.6 is 0 Å². The average Bonchev–Trinajstić information content (AvgIpc) is 2.38. The quantitative estimate of drug-likeness (QED) is 0.771. The van der Waals surface area contributed by atoms with Gasteiger partial charge >= 0.3 is 6.18 Å². The predicted molar refractivity (Wildman–Crippen MR) is 57.9 cm³/mol. The first kappa shape index (κ1) is 12.2. The van der Waals surface area contributed by atoms with Gasteiger partial charge in [-0.05, 0) is 18.2 Å². The number of carbonyl (C=O) groups is 1. The van der Waals surface area contributed by atoms with Gasteiger partial charge < -0.3 is 0 Å². The zero-order chi connectivity index (χ0) is 13.2. The summed E-state index contributed by atoms with van der Waals surface area (Å²) in [4.78, 5) is 18.2. The van der Waals surface area contributed by atoms with Crippen molar-refractivity contribution >= 4 is 6.29 Å². The highest BCUT2D eigenvalue weighted by Crippen LogP contribution is 2.31. The van der Waals surface area contributed by atoms with Gasteiger partial charge in [-0.15, -0.1) is 0 Å². The standard InChI is InChI=1S/C12H7F3N2O/c13-12(14,15)9-3-1-2-8(6-9)11-16-5-4-10(7-18)17-11/h1-7H. The van der Waals surface area contributed by atoms with E-state index in [1.807, 2.05) is 0 Å². The van der Waals surface area contributed by atoms with E-state index in [4.69, 9.17) is 0 Å². The van der Waals surface area contributed by atoms with Crippen LogP contribution in [0.4, 0.5) is 13.2 Å². The van der Waals surface area contributed by atoms with Crippen molar-refractivity contribution in [2.45, 2.75) is 6.18 Å². The van der Waals surface area contributed by atoms with Gasteiger partial charge in [0, 0.05) is 11.8 Å². The van der Waals surface area contributed by atoms with Gasteiger partial charge in [0.25, 0.3) is 0 Å². The van der Waals surface area contributed by atoms with Crippen LogP contribution < -0.4 is 0 Å². The number of carbonyl (C=O) groups excluding carboxylic acids is 1. The Kier molecular flexibility index (Phi) is 3.10. The van der Waals surface area contributed by atoms with E-state index in [1.165, 1.54) is 24.4 Å². The van der Waals surface area contributed by atoms with Gasteiger partial charge in [0.1, 0.15) is 5.69 Å². The van der Waals surface area contributed by atoms with Gasteiger partial charge in [-0.3, -0.25) is 4.79 Å². The fourth-order valence-corrected chi connectivity index (χ4v) is 1.41. The Morgan fingerprint density at radius 1 is 1.17 bits per heavy atom. The third kappa shape index (κ3) is 2.53. The Morgan fingerprint density at radius 3 is 2.61 bits per heavy atom. The van der Waals surface area contributed by atoms with E-state index in [0.29, 0.717) is 6.29 Å². The Labute approximate surface area is 100 Å². The number of hydrogen-bond donors (Lipinski definition) is 0. The van der Waals surface area contributed by atoms with E-state index >= 15 is 0 Å². The van der Waals surface area contributed by atoms with E-state index < -0.39 is 11.7 Å². The van der Waals surface area contributed by atoms with Crippen LogP contribution in [0.1, 0.15) is 16.1 Å². The molecule has 1 aromatic carbocycles. The smallest absolute Gasteiger partial charge is 0.296 e. The van der Waals surface area contributed by atoms with E-state index in [9.17, 15) is 18.0 Å². The van der Waals surface area contributed by atoms with E-state index in [2.05, 4.69) is 9.97 Å². The Balaban J connectivity index is 2.47. The topological polar surface area (TPSA) is 42.9 Å². The van der Waals surface area contributed by atoms with Crippen molar-refractivity contribution < 1.29 is 18.0 Å². The molecule has 3 nitrogen and oxygen atoms in total. The van der Waals surface area contributed by atoms with E-state index in [1.54, 1.807) is 0 Å². The lowest BCUT2D eigenvalue weighted by Gasteiger charge is -2.07. The van der Waals surface area contributed by atoms with Gasteiger partial charge in [0.15, 0.2) is 12.1 Å². The van der Waals surface area contributed by atoms with Crippen LogP contribution in [0, 0.1) is 0 Å².